The molecule has 0 spiro atoms. The summed E-state index contributed by atoms with van der Waals surface area (Å²) in [6.07, 6.45) is 1.78. The normalized spacial score (nSPS) is 10.6. The van der Waals surface area contributed by atoms with Crippen molar-refractivity contribution >= 4 is 21.7 Å². The van der Waals surface area contributed by atoms with Crippen molar-refractivity contribution in [1.82, 2.24) is 0 Å². The maximum Gasteiger partial charge on any atom is 0.165 e. The SMILES string of the molecule is CCOc1ccc(C(=O)C(CC)CC)cc1Br. The molecule has 0 aliphatic carbocycles. The number of carbonyl (C=O) groups is 1. The molecule has 0 saturated heterocycles. The first-order valence-corrected chi connectivity index (χ1v) is 6.89. The Balaban J connectivity index is 2.93. The number of halogens is 1. The van der Waals surface area contributed by atoms with E-state index < -0.39 is 0 Å². The van der Waals surface area contributed by atoms with Crippen LogP contribution in [-0.2, 0) is 0 Å². The van der Waals surface area contributed by atoms with Gasteiger partial charge in [0.25, 0.3) is 0 Å². The summed E-state index contributed by atoms with van der Waals surface area (Å²) in [6.45, 7) is 6.67. The van der Waals surface area contributed by atoms with Gasteiger partial charge in [-0.3, -0.25) is 4.79 Å². The molecule has 0 fully saturated rings. The fourth-order valence-electron chi connectivity index (χ4n) is 1.82. The molecule has 0 bridgehead atoms. The Hall–Kier alpha value is -0.830. The number of hydrogen-bond donors (Lipinski definition) is 0. The van der Waals surface area contributed by atoms with Crippen LogP contribution in [0.25, 0.3) is 0 Å². The Labute approximate surface area is 111 Å². The number of hydrogen-bond acceptors (Lipinski definition) is 2. The third-order valence-electron chi connectivity index (χ3n) is 2.87. The molecule has 0 aromatic heterocycles. The fraction of sp³-hybridized carbons (Fsp3) is 0.500. The van der Waals surface area contributed by atoms with Crippen LogP contribution in [0.4, 0.5) is 0 Å². The molecule has 1 aromatic rings. The first-order valence-electron chi connectivity index (χ1n) is 6.10. The Morgan fingerprint density at radius 3 is 2.41 bits per heavy atom. The fourth-order valence-corrected chi connectivity index (χ4v) is 2.32. The van der Waals surface area contributed by atoms with Crippen LogP contribution in [0.15, 0.2) is 22.7 Å². The van der Waals surface area contributed by atoms with Crippen LogP contribution in [0.3, 0.4) is 0 Å². The van der Waals surface area contributed by atoms with Gasteiger partial charge in [-0.25, -0.2) is 0 Å². The zero-order valence-electron chi connectivity index (χ0n) is 10.6. The highest BCUT2D eigenvalue weighted by molar-refractivity contribution is 9.10. The molecule has 0 unspecified atom stereocenters. The van der Waals surface area contributed by atoms with Crippen LogP contribution in [-0.4, -0.2) is 12.4 Å². The summed E-state index contributed by atoms with van der Waals surface area (Å²) in [7, 11) is 0. The molecule has 0 aliphatic heterocycles. The van der Waals surface area contributed by atoms with Crippen LogP contribution in [0, 0.1) is 5.92 Å². The zero-order valence-corrected chi connectivity index (χ0v) is 12.2. The van der Waals surface area contributed by atoms with E-state index in [1.165, 1.54) is 0 Å². The minimum Gasteiger partial charge on any atom is -0.493 e. The van der Waals surface area contributed by atoms with Crippen molar-refractivity contribution in [2.45, 2.75) is 33.6 Å². The average Bonchev–Trinajstić information content (AvgIpc) is 2.33. The van der Waals surface area contributed by atoms with Gasteiger partial charge in [-0.2, -0.15) is 0 Å². The summed E-state index contributed by atoms with van der Waals surface area (Å²) < 4.78 is 6.27. The predicted octanol–water partition coefficient (Wildman–Crippen LogP) is 4.47. The van der Waals surface area contributed by atoms with Crippen molar-refractivity contribution in [3.8, 4) is 5.75 Å². The first-order chi connectivity index (χ1) is 8.13. The summed E-state index contributed by atoms with van der Waals surface area (Å²) in [5, 5.41) is 0. The van der Waals surface area contributed by atoms with E-state index in [2.05, 4.69) is 29.8 Å². The van der Waals surface area contributed by atoms with Gasteiger partial charge in [-0.1, -0.05) is 13.8 Å². The number of ketones is 1. The van der Waals surface area contributed by atoms with E-state index >= 15 is 0 Å². The summed E-state index contributed by atoms with van der Waals surface area (Å²) in [5.41, 5.74) is 0.758. The standard InChI is InChI=1S/C14H19BrO2/c1-4-10(5-2)14(16)11-7-8-13(17-6-3)12(15)9-11/h7-10H,4-6H2,1-3H3. The van der Waals surface area contributed by atoms with E-state index in [1.807, 2.05) is 25.1 Å². The molecule has 0 radical (unpaired) electrons. The second kappa shape index (κ2) is 6.80. The lowest BCUT2D eigenvalue weighted by atomic mass is 9.93. The van der Waals surface area contributed by atoms with Crippen LogP contribution in [0.2, 0.25) is 0 Å². The Morgan fingerprint density at radius 1 is 1.29 bits per heavy atom. The first kappa shape index (κ1) is 14.2. The minimum atomic E-state index is 0.125. The van der Waals surface area contributed by atoms with Crippen molar-refractivity contribution in [2.24, 2.45) is 5.92 Å². The van der Waals surface area contributed by atoms with Gasteiger partial charge in [0.1, 0.15) is 5.75 Å². The highest BCUT2D eigenvalue weighted by Crippen LogP contribution is 2.27. The molecule has 0 aliphatic rings. The Bertz CT molecular complexity index is 384. The molecule has 1 aromatic carbocycles. The molecule has 3 heteroatoms. The molecule has 0 amide bonds. The van der Waals surface area contributed by atoms with Crippen molar-refractivity contribution in [3.63, 3.8) is 0 Å². The molecule has 0 saturated carbocycles. The van der Waals surface area contributed by atoms with Gasteiger partial charge >= 0.3 is 0 Å². The second-order valence-electron chi connectivity index (χ2n) is 3.96. The lowest BCUT2D eigenvalue weighted by molar-refractivity contribution is 0.0913. The summed E-state index contributed by atoms with van der Waals surface area (Å²) in [6, 6.07) is 5.55. The van der Waals surface area contributed by atoms with Crippen LogP contribution in [0.1, 0.15) is 44.0 Å². The van der Waals surface area contributed by atoms with E-state index in [4.69, 9.17) is 4.74 Å². The van der Waals surface area contributed by atoms with Crippen molar-refractivity contribution in [2.75, 3.05) is 6.61 Å². The molecule has 17 heavy (non-hydrogen) atoms. The van der Waals surface area contributed by atoms with E-state index in [0.29, 0.717) is 6.61 Å². The smallest absolute Gasteiger partial charge is 0.165 e. The molecular formula is C14H19BrO2. The number of ether oxygens (including phenoxy) is 1. The van der Waals surface area contributed by atoms with Crippen molar-refractivity contribution in [1.29, 1.82) is 0 Å². The maximum absolute atomic E-state index is 12.2. The van der Waals surface area contributed by atoms with Crippen molar-refractivity contribution in [3.05, 3.63) is 28.2 Å². The zero-order chi connectivity index (χ0) is 12.8. The number of Topliss-reactive ketones (excluding diaryl/α,β-unsaturated/α-hetero) is 1. The third-order valence-corrected chi connectivity index (χ3v) is 3.49. The largest absolute Gasteiger partial charge is 0.493 e. The molecule has 0 N–H and O–H groups in total. The van der Waals surface area contributed by atoms with Crippen LogP contribution < -0.4 is 4.74 Å². The summed E-state index contributed by atoms with van der Waals surface area (Å²) in [4.78, 5) is 12.2. The number of rotatable bonds is 6. The topological polar surface area (TPSA) is 26.3 Å². The monoisotopic (exact) mass is 298 g/mol. The highest BCUT2D eigenvalue weighted by Gasteiger charge is 2.17. The molecule has 94 valence electrons. The van der Waals surface area contributed by atoms with Crippen molar-refractivity contribution < 1.29 is 9.53 Å². The lowest BCUT2D eigenvalue weighted by Crippen LogP contribution is -2.13. The van der Waals surface area contributed by atoms with E-state index in [0.717, 1.165) is 28.6 Å². The van der Waals surface area contributed by atoms with E-state index in [9.17, 15) is 4.79 Å². The Kier molecular flexibility index (Phi) is 5.69. The minimum absolute atomic E-state index is 0.125. The van der Waals surface area contributed by atoms with Gasteiger partial charge in [0.2, 0.25) is 0 Å². The molecule has 0 atom stereocenters. The van der Waals surface area contributed by atoms with Gasteiger partial charge in [0, 0.05) is 11.5 Å². The third kappa shape index (κ3) is 3.56. The Morgan fingerprint density at radius 2 is 1.94 bits per heavy atom. The number of benzene rings is 1. The van der Waals surface area contributed by atoms with Gasteiger partial charge in [-0.15, -0.1) is 0 Å². The summed E-state index contributed by atoms with van der Waals surface area (Å²) >= 11 is 3.43. The van der Waals surface area contributed by atoms with E-state index in [1.54, 1.807) is 0 Å². The van der Waals surface area contributed by atoms with Crippen LogP contribution in [0.5, 0.6) is 5.75 Å². The lowest BCUT2D eigenvalue weighted by Gasteiger charge is -2.12. The van der Waals surface area contributed by atoms with Crippen LogP contribution >= 0.6 is 15.9 Å². The molecule has 0 heterocycles. The highest BCUT2D eigenvalue weighted by atomic mass is 79.9. The number of carbonyl (C=O) groups excluding carboxylic acids is 1. The molecular weight excluding hydrogens is 280 g/mol. The second-order valence-corrected chi connectivity index (χ2v) is 4.81. The maximum atomic E-state index is 12.2. The predicted molar refractivity (Wildman–Crippen MR) is 73.7 cm³/mol. The molecule has 1 rings (SSSR count). The average molecular weight is 299 g/mol. The van der Waals surface area contributed by atoms with Gasteiger partial charge in [-0.05, 0) is 53.9 Å². The van der Waals surface area contributed by atoms with Gasteiger partial charge in [0.05, 0.1) is 11.1 Å². The van der Waals surface area contributed by atoms with Gasteiger partial charge in [0.15, 0.2) is 5.78 Å². The summed E-state index contributed by atoms with van der Waals surface area (Å²) in [5.74, 6) is 1.13. The van der Waals surface area contributed by atoms with Gasteiger partial charge < -0.3 is 4.74 Å². The van der Waals surface area contributed by atoms with E-state index in [-0.39, 0.29) is 11.7 Å². The molecule has 2 nitrogen and oxygen atoms in total. The quantitative estimate of drug-likeness (QED) is 0.725.